The Morgan fingerprint density at radius 1 is 1.59 bits per heavy atom. The number of anilines is 3. The molecule has 1 aromatic heterocycles. The third-order valence-corrected chi connectivity index (χ3v) is 2.86. The molecule has 5 N–H and O–H groups in total. The van der Waals surface area contributed by atoms with Gasteiger partial charge in [0.25, 0.3) is 0 Å². The van der Waals surface area contributed by atoms with Crippen molar-refractivity contribution in [2.75, 3.05) is 29.5 Å². The van der Waals surface area contributed by atoms with E-state index in [1.807, 2.05) is 4.90 Å². The van der Waals surface area contributed by atoms with E-state index in [0.717, 1.165) is 19.4 Å². The van der Waals surface area contributed by atoms with Crippen LogP contribution in [-0.2, 0) is 4.79 Å². The van der Waals surface area contributed by atoms with Gasteiger partial charge in [-0.25, -0.2) is 0 Å². The van der Waals surface area contributed by atoms with Crippen molar-refractivity contribution in [3.05, 3.63) is 6.07 Å². The molecular formula is C10H16N6O. The molecule has 0 spiro atoms. The van der Waals surface area contributed by atoms with Crippen molar-refractivity contribution in [2.24, 2.45) is 5.73 Å². The summed E-state index contributed by atoms with van der Waals surface area (Å²) in [6, 6.07) is 1.46. The normalized spacial score (nSPS) is 19.4. The molecule has 17 heavy (non-hydrogen) atoms. The van der Waals surface area contributed by atoms with Crippen molar-refractivity contribution in [3.8, 4) is 0 Å². The highest BCUT2D eigenvalue weighted by Crippen LogP contribution is 2.25. The zero-order chi connectivity index (χ0) is 12.4. The topological polar surface area (TPSA) is 110 Å². The van der Waals surface area contributed by atoms with Crippen LogP contribution in [0.15, 0.2) is 6.07 Å². The molecule has 0 radical (unpaired) electrons. The van der Waals surface area contributed by atoms with Crippen LogP contribution in [0.25, 0.3) is 0 Å². The number of nitrogens with two attached hydrogens (primary N) is 2. The van der Waals surface area contributed by atoms with Crippen LogP contribution in [0.1, 0.15) is 12.8 Å². The molecule has 2 rings (SSSR count). The van der Waals surface area contributed by atoms with Crippen LogP contribution in [0.3, 0.4) is 0 Å². The first-order chi connectivity index (χ1) is 8.11. The predicted molar refractivity (Wildman–Crippen MR) is 65.6 cm³/mol. The summed E-state index contributed by atoms with van der Waals surface area (Å²) in [6.07, 6.45) is 1.68. The number of nitrogens with one attached hydrogen (secondary N) is 1. The van der Waals surface area contributed by atoms with Crippen molar-refractivity contribution >= 4 is 23.5 Å². The Bertz CT molecular complexity index is 435. The van der Waals surface area contributed by atoms with Gasteiger partial charge in [0, 0.05) is 19.7 Å². The second-order valence-corrected chi connectivity index (χ2v) is 3.97. The fourth-order valence-corrected chi connectivity index (χ4v) is 2.06. The van der Waals surface area contributed by atoms with Crippen molar-refractivity contribution in [1.82, 2.24) is 9.97 Å². The minimum absolute atomic E-state index is 0.182. The molecule has 0 aromatic carbocycles. The lowest BCUT2D eigenvalue weighted by Gasteiger charge is -2.23. The Kier molecular flexibility index (Phi) is 2.99. The van der Waals surface area contributed by atoms with E-state index in [-0.39, 0.29) is 17.9 Å². The van der Waals surface area contributed by atoms with E-state index in [9.17, 15) is 4.79 Å². The van der Waals surface area contributed by atoms with Gasteiger partial charge in [-0.05, 0) is 12.8 Å². The van der Waals surface area contributed by atoms with Crippen LogP contribution in [0.2, 0.25) is 0 Å². The predicted octanol–water partition coefficient (Wildman–Crippen LogP) is -0.445. The molecule has 0 aliphatic carbocycles. The smallest absolute Gasteiger partial charge is 0.240 e. The molecule has 1 fully saturated rings. The number of rotatable bonds is 3. The molecule has 1 atom stereocenters. The largest absolute Gasteiger partial charge is 0.373 e. The zero-order valence-corrected chi connectivity index (χ0v) is 9.68. The van der Waals surface area contributed by atoms with E-state index >= 15 is 0 Å². The van der Waals surface area contributed by atoms with Gasteiger partial charge < -0.3 is 21.7 Å². The summed E-state index contributed by atoms with van der Waals surface area (Å²) in [5, 5.41) is 2.90. The first-order valence-corrected chi connectivity index (χ1v) is 5.50. The number of hydrogen-bond acceptors (Lipinski definition) is 6. The molecule has 0 bridgehead atoms. The van der Waals surface area contributed by atoms with Gasteiger partial charge in [-0.3, -0.25) is 4.79 Å². The number of aromatic nitrogens is 2. The number of amides is 1. The summed E-state index contributed by atoms with van der Waals surface area (Å²) < 4.78 is 0. The first kappa shape index (κ1) is 11.4. The minimum Gasteiger partial charge on any atom is -0.373 e. The van der Waals surface area contributed by atoms with Crippen molar-refractivity contribution in [2.45, 2.75) is 18.9 Å². The number of hydrogen-bond donors (Lipinski definition) is 3. The SMILES string of the molecule is CNc1cc(N2CCCC2C(N)=O)nc(N)n1. The maximum absolute atomic E-state index is 11.3. The van der Waals surface area contributed by atoms with Crippen LogP contribution < -0.4 is 21.7 Å². The Hall–Kier alpha value is -2.05. The molecule has 1 unspecified atom stereocenters. The summed E-state index contributed by atoms with van der Waals surface area (Å²) in [5.41, 5.74) is 11.0. The molecule has 2 heterocycles. The third-order valence-electron chi connectivity index (χ3n) is 2.86. The van der Waals surface area contributed by atoms with Gasteiger partial charge >= 0.3 is 0 Å². The molecule has 92 valence electrons. The lowest BCUT2D eigenvalue weighted by atomic mass is 10.2. The minimum atomic E-state index is -0.328. The zero-order valence-electron chi connectivity index (χ0n) is 9.68. The number of carbonyl (C=O) groups excluding carboxylic acids is 1. The summed E-state index contributed by atoms with van der Waals surface area (Å²) >= 11 is 0. The highest BCUT2D eigenvalue weighted by molar-refractivity contribution is 5.84. The molecule has 7 nitrogen and oxygen atoms in total. The van der Waals surface area contributed by atoms with Gasteiger partial charge in [-0.15, -0.1) is 0 Å². The molecule has 1 aliphatic heterocycles. The summed E-state index contributed by atoms with van der Waals surface area (Å²) in [5.74, 6) is 1.12. The number of primary amides is 1. The second-order valence-electron chi connectivity index (χ2n) is 3.97. The maximum Gasteiger partial charge on any atom is 0.240 e. The van der Waals surface area contributed by atoms with Crippen molar-refractivity contribution in [1.29, 1.82) is 0 Å². The maximum atomic E-state index is 11.3. The van der Waals surface area contributed by atoms with Crippen molar-refractivity contribution in [3.63, 3.8) is 0 Å². The summed E-state index contributed by atoms with van der Waals surface area (Å²) in [6.45, 7) is 0.757. The average molecular weight is 236 g/mol. The summed E-state index contributed by atoms with van der Waals surface area (Å²) in [4.78, 5) is 21.3. The highest BCUT2D eigenvalue weighted by Gasteiger charge is 2.30. The quantitative estimate of drug-likeness (QED) is 0.656. The third kappa shape index (κ3) is 2.22. The van der Waals surface area contributed by atoms with Crippen LogP contribution in [0.5, 0.6) is 0 Å². The lowest BCUT2D eigenvalue weighted by molar-refractivity contribution is -0.119. The van der Waals surface area contributed by atoms with Crippen LogP contribution >= 0.6 is 0 Å². The van der Waals surface area contributed by atoms with Gasteiger partial charge in [0.15, 0.2) is 0 Å². The van der Waals surface area contributed by atoms with Gasteiger partial charge in [0.05, 0.1) is 0 Å². The highest BCUT2D eigenvalue weighted by atomic mass is 16.1. The van der Waals surface area contributed by atoms with Crippen molar-refractivity contribution < 1.29 is 4.79 Å². The Labute approximate surface area is 99.2 Å². The van der Waals surface area contributed by atoms with E-state index in [0.29, 0.717) is 11.6 Å². The lowest BCUT2D eigenvalue weighted by Crippen LogP contribution is -2.40. The van der Waals surface area contributed by atoms with Crippen LogP contribution in [0, 0.1) is 0 Å². The second kappa shape index (κ2) is 4.44. The van der Waals surface area contributed by atoms with E-state index < -0.39 is 0 Å². The van der Waals surface area contributed by atoms with Gasteiger partial charge in [-0.2, -0.15) is 9.97 Å². The number of carbonyl (C=O) groups is 1. The molecule has 1 aromatic rings. The van der Waals surface area contributed by atoms with Gasteiger partial charge in [0.2, 0.25) is 11.9 Å². The number of nitrogens with zero attached hydrogens (tertiary/aromatic N) is 3. The Morgan fingerprint density at radius 2 is 2.35 bits per heavy atom. The number of nitrogen functional groups attached to an aromatic ring is 1. The Balaban J connectivity index is 2.32. The molecule has 1 saturated heterocycles. The molecule has 1 amide bonds. The fourth-order valence-electron chi connectivity index (χ4n) is 2.06. The van der Waals surface area contributed by atoms with E-state index in [1.165, 1.54) is 0 Å². The molecule has 7 heteroatoms. The Morgan fingerprint density at radius 3 is 3.00 bits per heavy atom. The first-order valence-electron chi connectivity index (χ1n) is 5.50. The molecule has 1 aliphatic rings. The van der Waals surface area contributed by atoms with Crippen LogP contribution in [-0.4, -0.2) is 35.5 Å². The van der Waals surface area contributed by atoms with Crippen LogP contribution in [0.4, 0.5) is 17.6 Å². The monoisotopic (exact) mass is 236 g/mol. The molecule has 0 saturated carbocycles. The van der Waals surface area contributed by atoms with Gasteiger partial charge in [0.1, 0.15) is 17.7 Å². The molecular weight excluding hydrogens is 220 g/mol. The standard InChI is InChI=1S/C10H16N6O/c1-13-7-5-8(15-10(12)14-7)16-4-2-3-6(16)9(11)17/h5-6H,2-4H2,1H3,(H2,11,17)(H3,12,13,14,15). The van der Waals surface area contributed by atoms with E-state index in [4.69, 9.17) is 11.5 Å². The van der Waals surface area contributed by atoms with Gasteiger partial charge in [-0.1, -0.05) is 0 Å². The van der Waals surface area contributed by atoms with E-state index in [2.05, 4.69) is 15.3 Å². The summed E-state index contributed by atoms with van der Waals surface area (Å²) in [7, 11) is 1.75. The van der Waals surface area contributed by atoms with E-state index in [1.54, 1.807) is 13.1 Å². The average Bonchev–Trinajstić information content (AvgIpc) is 2.77. The fraction of sp³-hybridized carbons (Fsp3) is 0.500.